The van der Waals surface area contributed by atoms with Gasteiger partial charge in [-0.15, -0.1) is 0 Å². The second-order valence-electron chi connectivity index (χ2n) is 8.52. The molecule has 170 valence electrons. The lowest BCUT2D eigenvalue weighted by atomic mass is 9.83. The van der Waals surface area contributed by atoms with Gasteiger partial charge < -0.3 is 15.4 Å². The number of nitrogens with one attached hydrogen (secondary N) is 2. The summed E-state index contributed by atoms with van der Waals surface area (Å²) in [4.78, 5) is 30.5. The molecule has 0 aromatic heterocycles. The number of carbonyl (C=O) groups is 2. The molecular formula is C24H36N4O3. The maximum atomic E-state index is 12.4. The van der Waals surface area contributed by atoms with Crippen LogP contribution in [-0.2, 0) is 4.74 Å². The number of benzene rings is 1. The van der Waals surface area contributed by atoms with Crippen LogP contribution in [0.25, 0.3) is 0 Å². The van der Waals surface area contributed by atoms with Crippen molar-refractivity contribution >= 4 is 17.8 Å². The lowest BCUT2D eigenvalue weighted by Crippen LogP contribution is -2.43. The number of aliphatic imine (C=N–C) groups is 1. The van der Waals surface area contributed by atoms with Crippen LogP contribution in [0.15, 0.2) is 29.3 Å². The van der Waals surface area contributed by atoms with Gasteiger partial charge in [0.05, 0.1) is 11.1 Å². The van der Waals surface area contributed by atoms with Crippen LogP contribution in [0.3, 0.4) is 0 Å². The first-order chi connectivity index (χ1) is 15.1. The molecule has 1 aliphatic carbocycles. The van der Waals surface area contributed by atoms with Gasteiger partial charge in [-0.25, -0.2) is 0 Å². The van der Waals surface area contributed by atoms with Gasteiger partial charge in [0, 0.05) is 39.9 Å². The van der Waals surface area contributed by atoms with E-state index in [1.54, 1.807) is 31.3 Å². The number of nitrogens with zero attached hydrogens (tertiary/aromatic N) is 2. The van der Waals surface area contributed by atoms with Gasteiger partial charge in [-0.1, -0.05) is 25.0 Å². The monoisotopic (exact) mass is 428 g/mol. The zero-order valence-corrected chi connectivity index (χ0v) is 18.9. The van der Waals surface area contributed by atoms with E-state index >= 15 is 0 Å². The van der Waals surface area contributed by atoms with Crippen LogP contribution in [0, 0.1) is 5.41 Å². The second-order valence-corrected chi connectivity index (χ2v) is 8.52. The summed E-state index contributed by atoms with van der Waals surface area (Å²) in [7, 11) is 1.79. The first-order valence-electron chi connectivity index (χ1n) is 11.6. The fourth-order valence-electron chi connectivity index (χ4n) is 4.61. The van der Waals surface area contributed by atoms with Crippen molar-refractivity contribution in [3.63, 3.8) is 0 Å². The molecule has 1 aromatic rings. The molecule has 1 heterocycles. The Hall–Kier alpha value is -2.41. The Morgan fingerprint density at radius 2 is 1.77 bits per heavy atom. The Kier molecular flexibility index (Phi) is 8.46. The van der Waals surface area contributed by atoms with Crippen molar-refractivity contribution in [2.24, 2.45) is 10.4 Å². The molecule has 0 unspecified atom stereocenters. The maximum absolute atomic E-state index is 12.4. The van der Waals surface area contributed by atoms with Gasteiger partial charge in [0.2, 0.25) is 0 Å². The molecule has 7 heteroatoms. The average molecular weight is 429 g/mol. The van der Waals surface area contributed by atoms with E-state index in [0.29, 0.717) is 23.1 Å². The SMILES string of the molecule is CCOCCC1(CNC(=NC)NCCCCN2C(=O)c3ccccc3C2=O)CCCC1. The fraction of sp³-hybridized carbons (Fsp3) is 0.625. The smallest absolute Gasteiger partial charge is 0.261 e. The molecule has 3 rings (SSSR count). The third kappa shape index (κ3) is 5.85. The summed E-state index contributed by atoms with van der Waals surface area (Å²) in [5.41, 5.74) is 1.33. The summed E-state index contributed by atoms with van der Waals surface area (Å²) in [6.07, 6.45) is 7.76. The molecule has 0 radical (unpaired) electrons. The molecule has 1 aromatic carbocycles. The number of hydrogen-bond donors (Lipinski definition) is 2. The largest absolute Gasteiger partial charge is 0.382 e. The van der Waals surface area contributed by atoms with Crippen molar-refractivity contribution in [1.29, 1.82) is 0 Å². The standard InChI is InChI=1S/C24H36N4O3/c1-3-31-17-14-24(12-6-7-13-24)18-27-23(25-2)26-15-8-9-16-28-21(29)19-10-4-5-11-20(19)22(28)30/h4-5,10-11H,3,6-9,12-18H2,1-2H3,(H2,25,26,27). The van der Waals surface area contributed by atoms with Gasteiger partial charge in [0.1, 0.15) is 0 Å². The number of guanidine groups is 1. The molecular weight excluding hydrogens is 392 g/mol. The van der Waals surface area contributed by atoms with Crippen LogP contribution < -0.4 is 10.6 Å². The van der Waals surface area contributed by atoms with Crippen LogP contribution in [0.1, 0.15) is 72.6 Å². The Labute approximate surface area is 185 Å². The number of imide groups is 1. The van der Waals surface area contributed by atoms with Gasteiger partial charge in [0.15, 0.2) is 5.96 Å². The first-order valence-corrected chi connectivity index (χ1v) is 11.6. The third-order valence-corrected chi connectivity index (χ3v) is 6.48. The van der Waals surface area contributed by atoms with Crippen LogP contribution in [0.2, 0.25) is 0 Å². The lowest BCUT2D eigenvalue weighted by Gasteiger charge is -2.30. The predicted molar refractivity (Wildman–Crippen MR) is 122 cm³/mol. The maximum Gasteiger partial charge on any atom is 0.261 e. The fourth-order valence-corrected chi connectivity index (χ4v) is 4.61. The first kappa shape index (κ1) is 23.3. The molecule has 0 spiro atoms. The Bertz CT molecular complexity index is 752. The van der Waals surface area contributed by atoms with E-state index in [9.17, 15) is 9.59 Å². The van der Waals surface area contributed by atoms with Gasteiger partial charge in [-0.05, 0) is 56.6 Å². The molecule has 2 aliphatic rings. The highest BCUT2D eigenvalue weighted by molar-refractivity contribution is 6.21. The average Bonchev–Trinajstić information content (AvgIpc) is 3.35. The number of carbonyl (C=O) groups excluding carboxylic acids is 2. The van der Waals surface area contributed by atoms with E-state index in [4.69, 9.17) is 4.74 Å². The number of amides is 2. The van der Waals surface area contributed by atoms with E-state index in [-0.39, 0.29) is 11.8 Å². The summed E-state index contributed by atoms with van der Waals surface area (Å²) >= 11 is 0. The van der Waals surface area contributed by atoms with Gasteiger partial charge in [-0.2, -0.15) is 0 Å². The molecule has 7 nitrogen and oxygen atoms in total. The zero-order valence-electron chi connectivity index (χ0n) is 18.9. The van der Waals surface area contributed by atoms with Crippen molar-refractivity contribution in [2.45, 2.75) is 51.9 Å². The van der Waals surface area contributed by atoms with Crippen LogP contribution in [-0.4, -0.2) is 62.6 Å². The molecule has 1 aliphatic heterocycles. The Balaban J connectivity index is 1.37. The van der Waals surface area contributed by atoms with Gasteiger partial charge in [0.25, 0.3) is 11.8 Å². The summed E-state index contributed by atoms with van der Waals surface area (Å²) in [6.45, 7) is 5.74. The minimum atomic E-state index is -0.181. The molecule has 1 fully saturated rings. The van der Waals surface area contributed by atoms with E-state index in [1.807, 2.05) is 6.92 Å². The highest BCUT2D eigenvalue weighted by Crippen LogP contribution is 2.40. The van der Waals surface area contributed by atoms with Crippen LogP contribution in [0.5, 0.6) is 0 Å². The predicted octanol–water partition coefficient (Wildman–Crippen LogP) is 3.21. The van der Waals surface area contributed by atoms with E-state index < -0.39 is 0 Å². The summed E-state index contributed by atoms with van der Waals surface area (Å²) in [5.74, 6) is 0.448. The second kappa shape index (κ2) is 11.3. The summed E-state index contributed by atoms with van der Waals surface area (Å²) in [5, 5.41) is 6.86. The highest BCUT2D eigenvalue weighted by Gasteiger charge is 2.35. The number of unbranched alkanes of at least 4 members (excludes halogenated alkanes) is 1. The molecule has 1 saturated carbocycles. The Morgan fingerprint density at radius 3 is 2.39 bits per heavy atom. The summed E-state index contributed by atoms with van der Waals surface area (Å²) in [6, 6.07) is 7.03. The quantitative estimate of drug-likeness (QED) is 0.245. The number of ether oxygens (including phenoxy) is 1. The number of fused-ring (bicyclic) bond motifs is 1. The van der Waals surface area contributed by atoms with Crippen molar-refractivity contribution in [1.82, 2.24) is 15.5 Å². The topological polar surface area (TPSA) is 83.0 Å². The number of hydrogen-bond acceptors (Lipinski definition) is 4. The summed E-state index contributed by atoms with van der Waals surface area (Å²) < 4.78 is 5.60. The lowest BCUT2D eigenvalue weighted by molar-refractivity contribution is 0.0652. The van der Waals surface area contributed by atoms with Gasteiger partial charge in [-0.3, -0.25) is 19.5 Å². The van der Waals surface area contributed by atoms with Crippen molar-refractivity contribution in [3.8, 4) is 0 Å². The minimum Gasteiger partial charge on any atom is -0.382 e. The van der Waals surface area contributed by atoms with Crippen molar-refractivity contribution in [2.75, 3.05) is 39.9 Å². The van der Waals surface area contributed by atoms with Crippen LogP contribution in [0.4, 0.5) is 0 Å². The molecule has 0 atom stereocenters. The molecule has 2 amide bonds. The normalized spacial score (nSPS) is 17.9. The zero-order chi connectivity index (χ0) is 22.1. The van der Waals surface area contributed by atoms with Gasteiger partial charge >= 0.3 is 0 Å². The molecule has 0 bridgehead atoms. The van der Waals surface area contributed by atoms with Crippen molar-refractivity contribution < 1.29 is 14.3 Å². The van der Waals surface area contributed by atoms with E-state index in [1.165, 1.54) is 30.6 Å². The van der Waals surface area contributed by atoms with E-state index in [0.717, 1.165) is 51.5 Å². The number of rotatable bonds is 11. The van der Waals surface area contributed by atoms with Crippen LogP contribution >= 0.6 is 0 Å². The van der Waals surface area contributed by atoms with E-state index in [2.05, 4.69) is 15.6 Å². The molecule has 0 saturated heterocycles. The third-order valence-electron chi connectivity index (χ3n) is 6.48. The highest BCUT2D eigenvalue weighted by atomic mass is 16.5. The molecule has 2 N–H and O–H groups in total. The van der Waals surface area contributed by atoms with Crippen molar-refractivity contribution in [3.05, 3.63) is 35.4 Å². The molecule has 31 heavy (non-hydrogen) atoms. The Morgan fingerprint density at radius 1 is 1.10 bits per heavy atom. The minimum absolute atomic E-state index is 0.181.